The monoisotopic (exact) mass is 259 g/mol. The van der Waals surface area contributed by atoms with Crippen LogP contribution in [-0.2, 0) is 17.9 Å². The van der Waals surface area contributed by atoms with E-state index in [2.05, 4.69) is 28.8 Å². The Morgan fingerprint density at radius 1 is 1.32 bits per heavy atom. The molecule has 1 aromatic heterocycles. The van der Waals surface area contributed by atoms with Gasteiger partial charge in [0, 0.05) is 29.7 Å². The number of amides is 1. The van der Waals surface area contributed by atoms with Crippen molar-refractivity contribution < 1.29 is 4.79 Å². The summed E-state index contributed by atoms with van der Waals surface area (Å²) in [4.78, 5) is 11.8. The number of nitrogens with one attached hydrogen (secondary N) is 2. The maximum Gasteiger partial charge on any atom is 0.240 e. The Bertz CT molecular complexity index is 572. The van der Waals surface area contributed by atoms with Crippen molar-refractivity contribution in [2.45, 2.75) is 33.0 Å². The van der Waals surface area contributed by atoms with Gasteiger partial charge in [-0.3, -0.25) is 4.79 Å². The fourth-order valence-corrected chi connectivity index (χ4v) is 2.29. The highest BCUT2D eigenvalue weighted by Crippen LogP contribution is 2.20. The van der Waals surface area contributed by atoms with Gasteiger partial charge in [-0.05, 0) is 38.6 Å². The van der Waals surface area contributed by atoms with Crippen LogP contribution in [-0.4, -0.2) is 23.6 Å². The van der Waals surface area contributed by atoms with E-state index >= 15 is 0 Å². The standard InChI is InChI=1S/C15H21N3O/c1-11(2)17-15(19)10-18-8-7-13-12(9-16-3)5-4-6-14(13)18/h4-8,11,16H,9-10H2,1-3H3,(H,17,19). The molecule has 0 saturated carbocycles. The fraction of sp³-hybridized carbons (Fsp3) is 0.400. The average molecular weight is 259 g/mol. The first-order valence-corrected chi connectivity index (χ1v) is 6.62. The Morgan fingerprint density at radius 2 is 2.11 bits per heavy atom. The second kappa shape index (κ2) is 5.89. The summed E-state index contributed by atoms with van der Waals surface area (Å²) in [5, 5.41) is 7.28. The van der Waals surface area contributed by atoms with Crippen LogP contribution in [0, 0.1) is 0 Å². The molecule has 2 N–H and O–H groups in total. The summed E-state index contributed by atoms with van der Waals surface area (Å²) in [6, 6.07) is 8.44. The van der Waals surface area contributed by atoms with E-state index in [-0.39, 0.29) is 11.9 Å². The number of hydrogen-bond donors (Lipinski definition) is 2. The van der Waals surface area contributed by atoms with Gasteiger partial charge in [-0.1, -0.05) is 12.1 Å². The van der Waals surface area contributed by atoms with Gasteiger partial charge in [0.2, 0.25) is 5.91 Å². The predicted octanol–water partition coefficient (Wildman–Crippen LogP) is 1.89. The van der Waals surface area contributed by atoms with Gasteiger partial charge in [0.15, 0.2) is 0 Å². The van der Waals surface area contributed by atoms with Crippen molar-refractivity contribution in [1.82, 2.24) is 15.2 Å². The maximum absolute atomic E-state index is 11.8. The minimum absolute atomic E-state index is 0.0477. The van der Waals surface area contributed by atoms with Crippen LogP contribution in [0.25, 0.3) is 10.9 Å². The van der Waals surface area contributed by atoms with Gasteiger partial charge < -0.3 is 15.2 Å². The molecule has 0 bridgehead atoms. The summed E-state index contributed by atoms with van der Waals surface area (Å²) < 4.78 is 1.99. The van der Waals surface area contributed by atoms with Crippen LogP contribution >= 0.6 is 0 Å². The van der Waals surface area contributed by atoms with Crippen molar-refractivity contribution in [1.29, 1.82) is 0 Å². The van der Waals surface area contributed by atoms with Crippen LogP contribution in [0.5, 0.6) is 0 Å². The molecule has 2 rings (SSSR count). The van der Waals surface area contributed by atoms with E-state index in [1.165, 1.54) is 10.9 Å². The molecule has 0 radical (unpaired) electrons. The minimum Gasteiger partial charge on any atom is -0.352 e. The SMILES string of the molecule is CNCc1cccc2c1ccn2CC(=O)NC(C)C. The summed E-state index contributed by atoms with van der Waals surface area (Å²) in [6.45, 7) is 5.14. The molecule has 0 aliphatic carbocycles. The maximum atomic E-state index is 11.8. The number of aromatic nitrogens is 1. The second-order valence-corrected chi connectivity index (χ2v) is 5.05. The van der Waals surface area contributed by atoms with Crippen molar-refractivity contribution in [2.75, 3.05) is 7.05 Å². The first-order chi connectivity index (χ1) is 9.11. The molecule has 0 aliphatic rings. The molecule has 0 saturated heterocycles. The first-order valence-electron chi connectivity index (χ1n) is 6.62. The van der Waals surface area contributed by atoms with Crippen molar-refractivity contribution in [3.63, 3.8) is 0 Å². The van der Waals surface area contributed by atoms with Gasteiger partial charge in [0.05, 0.1) is 0 Å². The third-order valence-electron chi connectivity index (χ3n) is 3.03. The number of nitrogens with zero attached hydrogens (tertiary/aromatic N) is 1. The highest BCUT2D eigenvalue weighted by Gasteiger charge is 2.09. The van der Waals surface area contributed by atoms with Crippen LogP contribution in [0.4, 0.5) is 0 Å². The van der Waals surface area contributed by atoms with Crippen molar-refractivity contribution in [3.05, 3.63) is 36.0 Å². The topological polar surface area (TPSA) is 46.1 Å². The lowest BCUT2D eigenvalue weighted by Crippen LogP contribution is -2.32. The molecule has 1 heterocycles. The number of hydrogen-bond acceptors (Lipinski definition) is 2. The summed E-state index contributed by atoms with van der Waals surface area (Å²) in [5.41, 5.74) is 2.36. The molecule has 0 fully saturated rings. The van der Waals surface area contributed by atoms with Crippen LogP contribution in [0.15, 0.2) is 30.5 Å². The number of fused-ring (bicyclic) bond motifs is 1. The molecule has 1 aromatic carbocycles. The Balaban J connectivity index is 2.25. The Morgan fingerprint density at radius 3 is 2.79 bits per heavy atom. The van der Waals surface area contributed by atoms with Gasteiger partial charge in [0.25, 0.3) is 0 Å². The second-order valence-electron chi connectivity index (χ2n) is 5.05. The van der Waals surface area contributed by atoms with E-state index in [9.17, 15) is 4.79 Å². The number of carbonyl (C=O) groups is 1. The molecule has 0 aliphatic heterocycles. The third kappa shape index (κ3) is 3.15. The number of benzene rings is 1. The van der Waals surface area contributed by atoms with Gasteiger partial charge >= 0.3 is 0 Å². The molecular formula is C15H21N3O. The lowest BCUT2D eigenvalue weighted by atomic mass is 10.1. The molecule has 4 heteroatoms. The molecular weight excluding hydrogens is 238 g/mol. The summed E-state index contributed by atoms with van der Waals surface area (Å²) in [7, 11) is 1.94. The molecule has 0 spiro atoms. The fourth-order valence-electron chi connectivity index (χ4n) is 2.29. The summed E-state index contributed by atoms with van der Waals surface area (Å²) in [5.74, 6) is 0.0477. The zero-order chi connectivity index (χ0) is 13.8. The van der Waals surface area contributed by atoms with E-state index < -0.39 is 0 Å². The van der Waals surface area contributed by atoms with Crippen molar-refractivity contribution >= 4 is 16.8 Å². The highest BCUT2D eigenvalue weighted by molar-refractivity contribution is 5.85. The van der Waals surface area contributed by atoms with Crippen LogP contribution in [0.3, 0.4) is 0 Å². The van der Waals surface area contributed by atoms with Crippen LogP contribution < -0.4 is 10.6 Å². The van der Waals surface area contributed by atoms with Crippen LogP contribution in [0.1, 0.15) is 19.4 Å². The zero-order valence-electron chi connectivity index (χ0n) is 11.7. The van der Waals surface area contributed by atoms with Gasteiger partial charge in [-0.15, -0.1) is 0 Å². The molecule has 19 heavy (non-hydrogen) atoms. The lowest BCUT2D eigenvalue weighted by molar-refractivity contribution is -0.122. The predicted molar refractivity (Wildman–Crippen MR) is 78.0 cm³/mol. The average Bonchev–Trinajstić information content (AvgIpc) is 2.73. The van der Waals surface area contributed by atoms with Crippen LogP contribution in [0.2, 0.25) is 0 Å². The van der Waals surface area contributed by atoms with Gasteiger partial charge in [-0.2, -0.15) is 0 Å². The van der Waals surface area contributed by atoms with E-state index in [4.69, 9.17) is 0 Å². The molecule has 102 valence electrons. The minimum atomic E-state index is 0.0477. The summed E-state index contributed by atoms with van der Waals surface area (Å²) >= 11 is 0. The molecule has 2 aromatic rings. The first kappa shape index (κ1) is 13.6. The van der Waals surface area contributed by atoms with E-state index in [0.717, 1.165) is 12.1 Å². The summed E-state index contributed by atoms with van der Waals surface area (Å²) in [6.07, 6.45) is 1.98. The van der Waals surface area contributed by atoms with E-state index in [0.29, 0.717) is 6.54 Å². The van der Waals surface area contributed by atoms with Crippen molar-refractivity contribution in [3.8, 4) is 0 Å². The Hall–Kier alpha value is -1.81. The smallest absolute Gasteiger partial charge is 0.240 e. The quantitative estimate of drug-likeness (QED) is 0.861. The Labute approximate surface area is 113 Å². The van der Waals surface area contributed by atoms with E-state index in [1.807, 2.05) is 37.7 Å². The highest BCUT2D eigenvalue weighted by atomic mass is 16.2. The van der Waals surface area contributed by atoms with Gasteiger partial charge in [0.1, 0.15) is 6.54 Å². The molecule has 0 atom stereocenters. The molecule has 4 nitrogen and oxygen atoms in total. The molecule has 0 unspecified atom stereocenters. The van der Waals surface area contributed by atoms with Gasteiger partial charge in [-0.25, -0.2) is 0 Å². The third-order valence-corrected chi connectivity index (χ3v) is 3.03. The number of rotatable bonds is 5. The largest absolute Gasteiger partial charge is 0.352 e. The number of carbonyl (C=O) groups excluding carboxylic acids is 1. The van der Waals surface area contributed by atoms with E-state index in [1.54, 1.807) is 0 Å². The normalized spacial score (nSPS) is 11.2. The Kier molecular flexibility index (Phi) is 4.22. The zero-order valence-corrected chi connectivity index (χ0v) is 11.7. The molecule has 1 amide bonds. The van der Waals surface area contributed by atoms with Crippen molar-refractivity contribution in [2.24, 2.45) is 0 Å². The lowest BCUT2D eigenvalue weighted by Gasteiger charge is -2.10.